The Kier molecular flexibility index (Phi) is 6.48. The molecule has 2 unspecified atom stereocenters. The van der Waals surface area contributed by atoms with Gasteiger partial charge in [-0.05, 0) is 64.6 Å². The van der Waals surface area contributed by atoms with E-state index in [-0.39, 0.29) is 5.54 Å². The van der Waals surface area contributed by atoms with E-state index in [0.717, 1.165) is 32.2 Å². The van der Waals surface area contributed by atoms with Crippen molar-refractivity contribution < 1.29 is 4.74 Å². The molecule has 1 saturated carbocycles. The van der Waals surface area contributed by atoms with Crippen LogP contribution in [-0.2, 0) is 4.74 Å². The molecule has 0 amide bonds. The van der Waals surface area contributed by atoms with Crippen molar-refractivity contribution in [1.82, 2.24) is 9.80 Å². The average molecular weight is 297 g/mol. The maximum absolute atomic E-state index is 6.32. The minimum Gasteiger partial charge on any atom is -0.383 e. The summed E-state index contributed by atoms with van der Waals surface area (Å²) in [6, 6.07) is 0.650. The van der Waals surface area contributed by atoms with Crippen LogP contribution in [0.5, 0.6) is 0 Å². The maximum atomic E-state index is 6.32. The van der Waals surface area contributed by atoms with Crippen molar-refractivity contribution in [3.63, 3.8) is 0 Å². The number of hydrogen-bond donors (Lipinski definition) is 1. The Morgan fingerprint density at radius 1 is 1.33 bits per heavy atom. The molecule has 4 heteroatoms. The second kappa shape index (κ2) is 7.91. The van der Waals surface area contributed by atoms with E-state index in [0.29, 0.717) is 6.04 Å². The van der Waals surface area contributed by atoms with Crippen LogP contribution in [-0.4, -0.2) is 67.8 Å². The molecule has 1 saturated heterocycles. The van der Waals surface area contributed by atoms with Gasteiger partial charge in [0.1, 0.15) is 0 Å². The summed E-state index contributed by atoms with van der Waals surface area (Å²) in [6.45, 7) is 10.9. The van der Waals surface area contributed by atoms with Crippen molar-refractivity contribution in [2.24, 2.45) is 11.7 Å². The number of rotatable bonds is 8. The highest BCUT2D eigenvalue weighted by atomic mass is 16.5. The molecular formula is C17H35N3O. The number of likely N-dealkylation sites (tertiary alicyclic amines) is 1. The second-order valence-corrected chi connectivity index (χ2v) is 6.98. The first-order valence-corrected chi connectivity index (χ1v) is 8.85. The van der Waals surface area contributed by atoms with Crippen LogP contribution >= 0.6 is 0 Å². The van der Waals surface area contributed by atoms with Crippen molar-refractivity contribution in [1.29, 1.82) is 0 Å². The lowest BCUT2D eigenvalue weighted by atomic mass is 9.86. The monoisotopic (exact) mass is 297 g/mol. The van der Waals surface area contributed by atoms with Crippen molar-refractivity contribution in [2.75, 3.05) is 46.4 Å². The predicted octanol–water partition coefficient (Wildman–Crippen LogP) is 1.94. The van der Waals surface area contributed by atoms with Crippen LogP contribution in [0.2, 0.25) is 0 Å². The Morgan fingerprint density at radius 2 is 2.10 bits per heavy atom. The SMILES string of the molecule is CCN1CCCC(CN)(N(CCOC)C(C)C2CC2)CC1. The predicted molar refractivity (Wildman–Crippen MR) is 88.5 cm³/mol. The number of hydrogen-bond acceptors (Lipinski definition) is 4. The van der Waals surface area contributed by atoms with Gasteiger partial charge in [-0.2, -0.15) is 0 Å². The highest BCUT2D eigenvalue weighted by Crippen LogP contribution is 2.40. The van der Waals surface area contributed by atoms with E-state index in [1.54, 1.807) is 7.11 Å². The average Bonchev–Trinajstić information content (AvgIpc) is 3.34. The zero-order valence-corrected chi connectivity index (χ0v) is 14.3. The van der Waals surface area contributed by atoms with Crippen LogP contribution in [0.3, 0.4) is 0 Å². The van der Waals surface area contributed by atoms with Gasteiger partial charge < -0.3 is 15.4 Å². The van der Waals surface area contributed by atoms with Gasteiger partial charge in [0.05, 0.1) is 6.61 Å². The minimum absolute atomic E-state index is 0.185. The largest absolute Gasteiger partial charge is 0.383 e. The van der Waals surface area contributed by atoms with Crippen molar-refractivity contribution in [3.8, 4) is 0 Å². The van der Waals surface area contributed by atoms with Crippen LogP contribution < -0.4 is 5.73 Å². The molecule has 1 aliphatic heterocycles. The van der Waals surface area contributed by atoms with Crippen LogP contribution in [0, 0.1) is 5.92 Å². The smallest absolute Gasteiger partial charge is 0.0590 e. The molecule has 2 aliphatic rings. The third-order valence-corrected chi connectivity index (χ3v) is 5.78. The summed E-state index contributed by atoms with van der Waals surface area (Å²) in [4.78, 5) is 5.29. The summed E-state index contributed by atoms with van der Waals surface area (Å²) < 4.78 is 5.38. The van der Waals surface area contributed by atoms with Crippen LogP contribution in [0.25, 0.3) is 0 Å². The van der Waals surface area contributed by atoms with Gasteiger partial charge in [-0.3, -0.25) is 4.90 Å². The zero-order valence-electron chi connectivity index (χ0n) is 14.3. The number of nitrogens with two attached hydrogens (primary N) is 1. The molecule has 2 fully saturated rings. The molecule has 0 aromatic carbocycles. The molecule has 4 nitrogen and oxygen atoms in total. The van der Waals surface area contributed by atoms with Crippen LogP contribution in [0.4, 0.5) is 0 Å². The molecule has 0 radical (unpaired) electrons. The molecule has 0 spiro atoms. The van der Waals surface area contributed by atoms with E-state index < -0.39 is 0 Å². The Morgan fingerprint density at radius 3 is 2.67 bits per heavy atom. The van der Waals surface area contributed by atoms with Crippen molar-refractivity contribution in [2.45, 2.75) is 57.5 Å². The highest BCUT2D eigenvalue weighted by molar-refractivity contribution is 4.99. The van der Waals surface area contributed by atoms with E-state index in [1.807, 2.05) is 0 Å². The standard InChI is InChI=1S/C17H35N3O/c1-4-19-10-5-8-17(14-18,9-11-19)20(12-13-21-3)15(2)16-6-7-16/h15-16H,4-14,18H2,1-3H3. The lowest BCUT2D eigenvalue weighted by molar-refractivity contribution is 0.0116. The summed E-state index contributed by atoms with van der Waals surface area (Å²) in [5, 5.41) is 0. The normalized spacial score (nSPS) is 29.6. The van der Waals surface area contributed by atoms with E-state index in [2.05, 4.69) is 23.6 Å². The van der Waals surface area contributed by atoms with E-state index in [4.69, 9.17) is 10.5 Å². The van der Waals surface area contributed by atoms with E-state index in [1.165, 1.54) is 45.2 Å². The summed E-state index contributed by atoms with van der Waals surface area (Å²) in [5.74, 6) is 0.885. The van der Waals surface area contributed by atoms with Gasteiger partial charge in [0.15, 0.2) is 0 Å². The number of methoxy groups -OCH3 is 1. The second-order valence-electron chi connectivity index (χ2n) is 6.98. The Hall–Kier alpha value is -0.160. The molecule has 1 aliphatic carbocycles. The molecule has 2 N–H and O–H groups in total. The quantitative estimate of drug-likeness (QED) is 0.743. The molecular weight excluding hydrogens is 262 g/mol. The first kappa shape index (κ1) is 17.2. The van der Waals surface area contributed by atoms with E-state index >= 15 is 0 Å². The number of ether oxygens (including phenoxy) is 1. The van der Waals surface area contributed by atoms with Crippen LogP contribution in [0.1, 0.15) is 46.0 Å². The number of nitrogens with zero attached hydrogens (tertiary/aromatic N) is 2. The fraction of sp³-hybridized carbons (Fsp3) is 1.00. The molecule has 2 rings (SSSR count). The third kappa shape index (κ3) is 4.19. The molecule has 1 heterocycles. The zero-order chi connectivity index (χ0) is 15.3. The molecule has 124 valence electrons. The summed E-state index contributed by atoms with van der Waals surface area (Å²) in [7, 11) is 1.81. The molecule has 0 aromatic heterocycles. The highest BCUT2D eigenvalue weighted by Gasteiger charge is 2.43. The lowest BCUT2D eigenvalue weighted by Gasteiger charge is -2.47. The van der Waals surface area contributed by atoms with Gasteiger partial charge in [-0.25, -0.2) is 0 Å². The van der Waals surface area contributed by atoms with Crippen molar-refractivity contribution >= 4 is 0 Å². The van der Waals surface area contributed by atoms with Crippen LogP contribution in [0.15, 0.2) is 0 Å². The first-order valence-electron chi connectivity index (χ1n) is 8.85. The summed E-state index contributed by atoms with van der Waals surface area (Å²) >= 11 is 0. The van der Waals surface area contributed by atoms with Gasteiger partial charge in [-0.15, -0.1) is 0 Å². The topological polar surface area (TPSA) is 41.7 Å². The van der Waals surface area contributed by atoms with E-state index in [9.17, 15) is 0 Å². The molecule has 2 atom stereocenters. The molecule has 21 heavy (non-hydrogen) atoms. The minimum atomic E-state index is 0.185. The fourth-order valence-corrected chi connectivity index (χ4v) is 4.06. The Labute approximate surface area is 131 Å². The molecule has 0 bridgehead atoms. The fourth-order valence-electron chi connectivity index (χ4n) is 4.06. The van der Waals surface area contributed by atoms with Crippen molar-refractivity contribution in [3.05, 3.63) is 0 Å². The van der Waals surface area contributed by atoms with Gasteiger partial charge in [0.2, 0.25) is 0 Å². The third-order valence-electron chi connectivity index (χ3n) is 5.78. The Balaban J connectivity index is 2.11. The Bertz CT molecular complexity index is 308. The lowest BCUT2D eigenvalue weighted by Crippen LogP contribution is -2.59. The maximum Gasteiger partial charge on any atom is 0.0590 e. The summed E-state index contributed by atoms with van der Waals surface area (Å²) in [5.41, 5.74) is 6.51. The van der Waals surface area contributed by atoms with Gasteiger partial charge in [-0.1, -0.05) is 6.92 Å². The van der Waals surface area contributed by atoms with Gasteiger partial charge in [0.25, 0.3) is 0 Å². The summed E-state index contributed by atoms with van der Waals surface area (Å²) in [6.07, 6.45) is 6.50. The van der Waals surface area contributed by atoms with Gasteiger partial charge in [0, 0.05) is 31.8 Å². The van der Waals surface area contributed by atoms with Gasteiger partial charge >= 0.3 is 0 Å². The molecule has 0 aromatic rings. The first-order chi connectivity index (χ1) is 10.2.